The summed E-state index contributed by atoms with van der Waals surface area (Å²) >= 11 is 3.34. The second kappa shape index (κ2) is 8.57. The lowest BCUT2D eigenvalue weighted by Gasteiger charge is -2.18. The van der Waals surface area contributed by atoms with Crippen molar-refractivity contribution in [3.8, 4) is 0 Å². The van der Waals surface area contributed by atoms with Crippen molar-refractivity contribution in [2.75, 3.05) is 0 Å². The average molecular weight is 479 g/mol. The van der Waals surface area contributed by atoms with Crippen molar-refractivity contribution >= 4 is 35.9 Å². The number of nitrogens with zero attached hydrogens (tertiary/aromatic N) is 1. The minimum absolute atomic E-state index is 0.00555. The molecule has 0 heterocycles. The van der Waals surface area contributed by atoms with Crippen molar-refractivity contribution in [2.24, 2.45) is 3.77 Å². The van der Waals surface area contributed by atoms with Crippen molar-refractivity contribution in [3.63, 3.8) is 0 Å². The van der Waals surface area contributed by atoms with Gasteiger partial charge in [-0.25, -0.2) is 8.93 Å². The fourth-order valence-corrected chi connectivity index (χ4v) is 6.56. The van der Waals surface area contributed by atoms with E-state index < -0.39 is 19.9 Å². The smallest absolute Gasteiger partial charge is 0.228 e. The van der Waals surface area contributed by atoms with Gasteiger partial charge >= 0.3 is 0 Å². The van der Waals surface area contributed by atoms with Gasteiger partial charge in [0, 0.05) is 10.5 Å². The van der Waals surface area contributed by atoms with Crippen LogP contribution in [0.15, 0.2) is 103 Å². The van der Waals surface area contributed by atoms with Gasteiger partial charge in [0.25, 0.3) is 10.0 Å². The van der Waals surface area contributed by atoms with Gasteiger partial charge in [0.15, 0.2) is 9.92 Å². The van der Waals surface area contributed by atoms with Crippen LogP contribution in [0.2, 0.25) is 0 Å². The van der Waals surface area contributed by atoms with E-state index in [0.717, 1.165) is 10.0 Å². The fourth-order valence-electron chi connectivity index (χ4n) is 2.57. The van der Waals surface area contributed by atoms with Crippen molar-refractivity contribution in [1.82, 2.24) is 4.72 Å². The molecule has 0 spiro atoms. The van der Waals surface area contributed by atoms with Crippen LogP contribution in [-0.4, -0.2) is 12.6 Å². The Kier molecular flexibility index (Phi) is 6.34. The number of benzene rings is 3. The van der Waals surface area contributed by atoms with Gasteiger partial charge in [0.1, 0.15) is 0 Å². The first-order valence-electron chi connectivity index (χ1n) is 8.46. The fraction of sp³-hybridized carbons (Fsp3) is 0.100. The zero-order valence-electron chi connectivity index (χ0n) is 15.0. The Morgan fingerprint density at radius 3 is 1.89 bits per heavy atom. The highest BCUT2D eigenvalue weighted by atomic mass is 79.9. The minimum atomic E-state index is -4.13. The Balaban J connectivity index is 2.12. The molecule has 3 rings (SSSR count). The maximum absolute atomic E-state index is 13.8. The lowest BCUT2D eigenvalue weighted by Crippen LogP contribution is -2.27. The Hall–Kier alpha value is -2.00. The van der Waals surface area contributed by atoms with Crippen LogP contribution in [0.5, 0.6) is 0 Å². The van der Waals surface area contributed by atoms with Crippen LogP contribution < -0.4 is 4.72 Å². The number of sulfonamides is 1. The molecule has 0 bridgehead atoms. The van der Waals surface area contributed by atoms with Gasteiger partial charge < -0.3 is 0 Å². The van der Waals surface area contributed by atoms with Crippen LogP contribution in [0, 0.1) is 0 Å². The third-order valence-corrected chi connectivity index (χ3v) is 8.62. The molecular weight excluding hydrogens is 460 g/mol. The van der Waals surface area contributed by atoms with Crippen molar-refractivity contribution in [3.05, 3.63) is 95.0 Å². The van der Waals surface area contributed by atoms with Crippen LogP contribution in [0.3, 0.4) is 0 Å². The normalized spacial score (nSPS) is 14.8. The molecular formula is C20H19BrN2O3S2. The van der Waals surface area contributed by atoms with Gasteiger partial charge in [-0.05, 0) is 48.9 Å². The molecule has 0 saturated carbocycles. The number of rotatable bonds is 6. The van der Waals surface area contributed by atoms with E-state index in [0.29, 0.717) is 0 Å². The minimum Gasteiger partial charge on any atom is -0.228 e. The number of hydrogen-bond donors (Lipinski definition) is 1. The molecule has 5 nitrogen and oxygen atoms in total. The van der Waals surface area contributed by atoms with Gasteiger partial charge in [-0.2, -0.15) is 8.42 Å². The molecule has 146 valence electrons. The molecule has 3 aromatic carbocycles. The first-order chi connectivity index (χ1) is 13.3. The van der Waals surface area contributed by atoms with E-state index in [1.807, 2.05) is 37.3 Å². The van der Waals surface area contributed by atoms with Crippen LogP contribution in [-0.2, 0) is 19.9 Å². The van der Waals surface area contributed by atoms with Crippen LogP contribution in [0.25, 0.3) is 0 Å². The van der Waals surface area contributed by atoms with Gasteiger partial charge in [-0.1, -0.05) is 68.2 Å². The largest absolute Gasteiger partial charge is 0.291 e. The molecule has 1 unspecified atom stereocenters. The summed E-state index contributed by atoms with van der Waals surface area (Å²) in [6.45, 7) is 1.82. The Bertz CT molecular complexity index is 1160. The number of nitrogens with one attached hydrogen (secondary N) is 1. The van der Waals surface area contributed by atoms with Crippen LogP contribution >= 0.6 is 15.9 Å². The molecule has 1 N–H and O–H groups in total. The van der Waals surface area contributed by atoms with Gasteiger partial charge in [-0.15, -0.1) is 0 Å². The van der Waals surface area contributed by atoms with E-state index >= 15 is 0 Å². The lowest BCUT2D eigenvalue weighted by atomic mass is 10.1. The van der Waals surface area contributed by atoms with Crippen molar-refractivity contribution in [2.45, 2.75) is 22.8 Å². The second-order valence-corrected chi connectivity index (χ2v) is 10.8. The highest BCUT2D eigenvalue weighted by Gasteiger charge is 2.23. The number of halogens is 1. The van der Waals surface area contributed by atoms with E-state index in [4.69, 9.17) is 0 Å². The zero-order chi connectivity index (χ0) is 20.2. The van der Waals surface area contributed by atoms with E-state index in [1.54, 1.807) is 42.5 Å². The highest BCUT2D eigenvalue weighted by molar-refractivity contribution is 9.10. The SMILES string of the molecule is C[C@@H](NS(=O)(=NS(=O)(=O)c1ccccc1)c1ccc(Br)cc1)c1ccccc1. The van der Waals surface area contributed by atoms with Gasteiger partial charge in [0.2, 0.25) is 0 Å². The summed E-state index contributed by atoms with van der Waals surface area (Å²) in [5.74, 6) is 0. The van der Waals surface area contributed by atoms with Crippen molar-refractivity contribution in [1.29, 1.82) is 0 Å². The monoisotopic (exact) mass is 478 g/mol. The molecule has 0 amide bonds. The molecule has 0 fully saturated rings. The molecule has 0 saturated heterocycles. The summed E-state index contributed by atoms with van der Waals surface area (Å²) in [4.78, 5) is 0.284. The maximum Gasteiger partial charge on any atom is 0.291 e. The van der Waals surface area contributed by atoms with Crippen molar-refractivity contribution < 1.29 is 12.6 Å². The van der Waals surface area contributed by atoms with E-state index in [9.17, 15) is 12.6 Å². The van der Waals surface area contributed by atoms with Crippen LogP contribution in [0.4, 0.5) is 0 Å². The molecule has 0 aliphatic heterocycles. The Morgan fingerprint density at radius 1 is 0.786 bits per heavy atom. The molecule has 3 aromatic rings. The zero-order valence-corrected chi connectivity index (χ0v) is 18.2. The van der Waals surface area contributed by atoms with Gasteiger partial charge in [-0.3, -0.25) is 0 Å². The van der Waals surface area contributed by atoms with E-state index in [2.05, 4.69) is 24.4 Å². The van der Waals surface area contributed by atoms with Gasteiger partial charge in [0.05, 0.1) is 9.79 Å². The Morgan fingerprint density at radius 2 is 1.32 bits per heavy atom. The summed E-state index contributed by atoms with van der Waals surface area (Å²) in [5, 5.41) is 0. The quantitative estimate of drug-likeness (QED) is 0.545. The third kappa shape index (κ3) is 4.88. The maximum atomic E-state index is 13.8. The summed E-state index contributed by atoms with van der Waals surface area (Å²) in [6, 6.07) is 23.4. The molecule has 28 heavy (non-hydrogen) atoms. The topological polar surface area (TPSA) is 75.6 Å². The molecule has 2 atom stereocenters. The molecule has 0 aliphatic rings. The molecule has 8 heteroatoms. The molecule has 0 aliphatic carbocycles. The van der Waals surface area contributed by atoms with E-state index in [1.165, 1.54) is 12.1 Å². The summed E-state index contributed by atoms with van der Waals surface area (Å²) in [7, 11) is -7.60. The first kappa shape index (κ1) is 20.7. The molecule has 0 aromatic heterocycles. The standard InChI is InChI=1S/C20H19BrN2O3S2/c1-16(17-8-4-2-5-9-17)22-27(24,19-14-12-18(21)13-15-19)23-28(25,26)20-10-6-3-7-11-20/h2-16H,1H3,(H,22,23,24)/t16-,27?/m1/s1. The highest BCUT2D eigenvalue weighted by Crippen LogP contribution is 2.23. The second-order valence-electron chi connectivity index (χ2n) is 6.09. The predicted octanol–water partition coefficient (Wildman–Crippen LogP) is 4.93. The Labute approximate surface area is 174 Å². The van der Waals surface area contributed by atoms with Crippen LogP contribution in [0.1, 0.15) is 18.5 Å². The summed E-state index contributed by atoms with van der Waals surface area (Å²) in [6.07, 6.45) is 0. The lowest BCUT2D eigenvalue weighted by molar-refractivity contribution is 0.597. The first-order valence-corrected chi connectivity index (χ1v) is 12.2. The van der Waals surface area contributed by atoms with E-state index in [-0.39, 0.29) is 15.8 Å². The number of hydrogen-bond acceptors (Lipinski definition) is 3. The molecule has 0 radical (unpaired) electrons. The third-order valence-electron chi connectivity index (χ3n) is 4.01. The summed E-state index contributed by atoms with van der Waals surface area (Å²) in [5.41, 5.74) is 0.875. The summed E-state index contributed by atoms with van der Waals surface area (Å²) < 4.78 is 47.0. The predicted molar refractivity (Wildman–Crippen MR) is 115 cm³/mol. The average Bonchev–Trinajstić information content (AvgIpc) is 2.69.